The van der Waals surface area contributed by atoms with E-state index in [-0.39, 0.29) is 30.0 Å². The molecule has 2 heterocycles. The first kappa shape index (κ1) is 18.6. The quantitative estimate of drug-likeness (QED) is 0.657. The van der Waals surface area contributed by atoms with Crippen LogP contribution in [0.25, 0.3) is 0 Å². The van der Waals surface area contributed by atoms with E-state index < -0.39 is 4.92 Å². The van der Waals surface area contributed by atoms with E-state index in [1.165, 1.54) is 12.1 Å². The van der Waals surface area contributed by atoms with Crippen molar-refractivity contribution in [3.05, 3.63) is 34.4 Å². The highest BCUT2D eigenvalue weighted by Gasteiger charge is 2.32. The van der Waals surface area contributed by atoms with Crippen LogP contribution >= 0.6 is 0 Å². The summed E-state index contributed by atoms with van der Waals surface area (Å²) >= 11 is 0. The van der Waals surface area contributed by atoms with E-state index in [0.29, 0.717) is 12.2 Å². The number of likely N-dealkylation sites (tertiary alicyclic amines) is 1. The lowest BCUT2D eigenvalue weighted by Crippen LogP contribution is -2.51. The molecule has 2 aliphatic heterocycles. The summed E-state index contributed by atoms with van der Waals surface area (Å²) in [6.45, 7) is 7.44. The van der Waals surface area contributed by atoms with Crippen LogP contribution in [0.15, 0.2) is 24.3 Å². The van der Waals surface area contributed by atoms with E-state index >= 15 is 0 Å². The number of ether oxygens (including phenoxy) is 1. The molecule has 0 unspecified atom stereocenters. The molecule has 26 heavy (non-hydrogen) atoms. The summed E-state index contributed by atoms with van der Waals surface area (Å²) in [6, 6.07) is 6.00. The Morgan fingerprint density at radius 3 is 2.77 bits per heavy atom. The van der Waals surface area contributed by atoms with E-state index in [2.05, 4.69) is 24.1 Å². The fraction of sp³-hybridized carbons (Fsp3) is 0.611. The number of hydrogen-bond acceptors (Lipinski definition) is 5. The molecule has 8 heteroatoms. The molecule has 0 spiro atoms. The molecule has 3 rings (SSSR count). The molecule has 2 aliphatic rings. The summed E-state index contributed by atoms with van der Waals surface area (Å²) in [5.41, 5.74) is 0.417. The molecule has 2 saturated heterocycles. The highest BCUT2D eigenvalue weighted by atomic mass is 16.6. The molecule has 0 saturated carbocycles. The third-order valence-electron chi connectivity index (χ3n) is 4.91. The van der Waals surface area contributed by atoms with Crippen molar-refractivity contribution in [2.24, 2.45) is 0 Å². The van der Waals surface area contributed by atoms with Gasteiger partial charge in [-0.15, -0.1) is 0 Å². The number of benzene rings is 1. The number of hydrogen-bond donors (Lipinski definition) is 1. The van der Waals surface area contributed by atoms with Crippen molar-refractivity contribution in [3.8, 4) is 0 Å². The van der Waals surface area contributed by atoms with Gasteiger partial charge in [0.15, 0.2) is 0 Å². The van der Waals surface area contributed by atoms with Gasteiger partial charge in [-0.1, -0.05) is 6.07 Å². The van der Waals surface area contributed by atoms with Gasteiger partial charge in [-0.3, -0.25) is 15.0 Å². The Kier molecular flexibility index (Phi) is 5.73. The lowest BCUT2D eigenvalue weighted by atomic mass is 10.1. The normalized spacial score (nSPS) is 26.7. The zero-order chi connectivity index (χ0) is 18.7. The Hall–Kier alpha value is -2.19. The van der Waals surface area contributed by atoms with Crippen LogP contribution in [-0.2, 0) is 4.74 Å². The Labute approximate surface area is 153 Å². The Morgan fingerprint density at radius 2 is 2.08 bits per heavy atom. The third kappa shape index (κ3) is 4.50. The van der Waals surface area contributed by atoms with Crippen LogP contribution in [0.3, 0.4) is 0 Å². The summed E-state index contributed by atoms with van der Waals surface area (Å²) in [7, 11) is 0. The zero-order valence-corrected chi connectivity index (χ0v) is 15.3. The van der Waals surface area contributed by atoms with Gasteiger partial charge >= 0.3 is 6.03 Å². The van der Waals surface area contributed by atoms with Crippen LogP contribution in [-0.4, -0.2) is 65.2 Å². The summed E-state index contributed by atoms with van der Waals surface area (Å²) in [4.78, 5) is 27.3. The lowest BCUT2D eigenvalue weighted by Gasteiger charge is -2.38. The van der Waals surface area contributed by atoms with Crippen LogP contribution in [0.1, 0.15) is 26.7 Å². The second-order valence-corrected chi connectivity index (χ2v) is 7.20. The molecular weight excluding hydrogens is 336 g/mol. The summed E-state index contributed by atoms with van der Waals surface area (Å²) < 4.78 is 5.78. The van der Waals surface area contributed by atoms with Gasteiger partial charge in [-0.05, 0) is 32.8 Å². The van der Waals surface area contributed by atoms with Crippen molar-refractivity contribution in [2.45, 2.75) is 44.9 Å². The van der Waals surface area contributed by atoms with Gasteiger partial charge in [-0.25, -0.2) is 4.79 Å². The number of rotatable bonds is 4. The molecule has 1 aromatic carbocycles. The first-order valence-electron chi connectivity index (χ1n) is 9.12. The van der Waals surface area contributed by atoms with E-state index in [0.717, 1.165) is 32.5 Å². The van der Waals surface area contributed by atoms with E-state index in [4.69, 9.17) is 4.74 Å². The standard InChI is InChI=1S/C18H26N4O4/c1-13-10-20(11-14(2)26-13)12-17-7-4-8-21(17)18(23)19-15-5-3-6-16(9-15)22(24)25/h3,5-6,9,13-14,17H,4,7-8,10-12H2,1-2H3,(H,19,23)/t13-,14-,17-/m1/s1. The van der Waals surface area contributed by atoms with Crippen molar-refractivity contribution in [1.29, 1.82) is 0 Å². The lowest BCUT2D eigenvalue weighted by molar-refractivity contribution is -0.384. The Balaban J connectivity index is 1.61. The monoisotopic (exact) mass is 362 g/mol. The van der Waals surface area contributed by atoms with Crippen molar-refractivity contribution >= 4 is 17.4 Å². The van der Waals surface area contributed by atoms with Crippen LogP contribution in [0.4, 0.5) is 16.2 Å². The van der Waals surface area contributed by atoms with Crippen molar-refractivity contribution < 1.29 is 14.5 Å². The number of amides is 2. The van der Waals surface area contributed by atoms with Gasteiger partial charge in [0, 0.05) is 50.0 Å². The van der Waals surface area contributed by atoms with Crippen LogP contribution in [0.5, 0.6) is 0 Å². The predicted octanol–water partition coefficient (Wildman–Crippen LogP) is 2.70. The first-order chi connectivity index (χ1) is 12.4. The zero-order valence-electron chi connectivity index (χ0n) is 15.3. The highest BCUT2D eigenvalue weighted by molar-refractivity contribution is 5.90. The number of morpholine rings is 1. The molecule has 3 atom stereocenters. The fourth-order valence-corrected chi connectivity index (χ4v) is 3.92. The average molecular weight is 362 g/mol. The number of nitro benzene ring substituents is 1. The highest BCUT2D eigenvalue weighted by Crippen LogP contribution is 2.23. The molecule has 2 amide bonds. The molecule has 0 aliphatic carbocycles. The van der Waals surface area contributed by atoms with E-state index in [9.17, 15) is 14.9 Å². The molecule has 8 nitrogen and oxygen atoms in total. The number of anilines is 1. The minimum Gasteiger partial charge on any atom is -0.373 e. The SMILES string of the molecule is C[C@@H]1CN(C[C@H]2CCCN2C(=O)Nc2cccc([N+](=O)[O-])c2)C[C@@H](C)O1. The number of nitrogens with zero attached hydrogens (tertiary/aromatic N) is 3. The number of urea groups is 1. The molecule has 1 N–H and O–H groups in total. The smallest absolute Gasteiger partial charge is 0.322 e. The van der Waals surface area contributed by atoms with Gasteiger partial charge in [0.1, 0.15) is 0 Å². The molecule has 142 valence electrons. The summed E-state index contributed by atoms with van der Waals surface area (Å²) in [5.74, 6) is 0. The number of nitro groups is 1. The molecule has 0 aromatic heterocycles. The largest absolute Gasteiger partial charge is 0.373 e. The number of carbonyl (C=O) groups is 1. The topological polar surface area (TPSA) is 88.0 Å². The number of non-ortho nitro benzene ring substituents is 1. The Morgan fingerprint density at radius 1 is 1.35 bits per heavy atom. The van der Waals surface area contributed by atoms with Crippen LogP contribution in [0, 0.1) is 10.1 Å². The van der Waals surface area contributed by atoms with Gasteiger partial charge in [-0.2, -0.15) is 0 Å². The molecule has 2 fully saturated rings. The minimum atomic E-state index is -0.463. The maximum atomic E-state index is 12.7. The number of carbonyl (C=O) groups excluding carboxylic acids is 1. The predicted molar refractivity (Wildman–Crippen MR) is 98.3 cm³/mol. The van der Waals surface area contributed by atoms with Gasteiger partial charge in [0.05, 0.1) is 17.1 Å². The van der Waals surface area contributed by atoms with Gasteiger partial charge in [0.2, 0.25) is 0 Å². The average Bonchev–Trinajstić information content (AvgIpc) is 3.02. The van der Waals surface area contributed by atoms with E-state index in [1.54, 1.807) is 12.1 Å². The maximum absolute atomic E-state index is 12.7. The molecule has 0 radical (unpaired) electrons. The van der Waals surface area contributed by atoms with Crippen LogP contribution < -0.4 is 5.32 Å². The van der Waals surface area contributed by atoms with Crippen molar-refractivity contribution in [2.75, 3.05) is 31.5 Å². The number of nitrogens with one attached hydrogen (secondary N) is 1. The summed E-state index contributed by atoms with van der Waals surface area (Å²) in [6.07, 6.45) is 2.35. The molecule has 1 aromatic rings. The van der Waals surface area contributed by atoms with Crippen molar-refractivity contribution in [3.63, 3.8) is 0 Å². The van der Waals surface area contributed by atoms with E-state index in [1.807, 2.05) is 4.90 Å². The van der Waals surface area contributed by atoms with Crippen LogP contribution in [0.2, 0.25) is 0 Å². The van der Waals surface area contributed by atoms with Gasteiger partial charge < -0.3 is 15.0 Å². The maximum Gasteiger partial charge on any atom is 0.322 e. The summed E-state index contributed by atoms with van der Waals surface area (Å²) in [5, 5.41) is 13.7. The second-order valence-electron chi connectivity index (χ2n) is 7.20. The molecule has 0 bridgehead atoms. The van der Waals surface area contributed by atoms with Gasteiger partial charge in [0.25, 0.3) is 5.69 Å². The molecular formula is C18H26N4O4. The minimum absolute atomic E-state index is 0.0305. The fourth-order valence-electron chi connectivity index (χ4n) is 3.92. The Bertz CT molecular complexity index is 658. The van der Waals surface area contributed by atoms with Crippen molar-refractivity contribution in [1.82, 2.24) is 9.80 Å². The first-order valence-corrected chi connectivity index (χ1v) is 9.12. The third-order valence-corrected chi connectivity index (χ3v) is 4.91. The second kappa shape index (κ2) is 8.01.